The van der Waals surface area contributed by atoms with Crippen molar-refractivity contribution in [3.63, 3.8) is 0 Å². The van der Waals surface area contributed by atoms with E-state index in [1.807, 2.05) is 22.9 Å². The van der Waals surface area contributed by atoms with Crippen LogP contribution in [0.3, 0.4) is 0 Å². The molecule has 0 aliphatic carbocycles. The van der Waals surface area contributed by atoms with Gasteiger partial charge in [0.1, 0.15) is 0 Å². The van der Waals surface area contributed by atoms with E-state index in [0.29, 0.717) is 6.04 Å². The maximum absolute atomic E-state index is 4.17. The van der Waals surface area contributed by atoms with Crippen molar-refractivity contribution >= 4 is 15.9 Å². The largest absolute Gasteiger partial charge is 0.309 e. The van der Waals surface area contributed by atoms with Crippen molar-refractivity contribution in [3.8, 4) is 5.69 Å². The molecule has 1 N–H and O–H groups in total. The van der Waals surface area contributed by atoms with E-state index in [2.05, 4.69) is 52.3 Å². The second-order valence-electron chi connectivity index (χ2n) is 4.56. The first-order valence-corrected chi connectivity index (χ1v) is 6.77. The Morgan fingerprint density at radius 3 is 2.89 bits per heavy atom. The number of nitrogens with one attached hydrogen (secondary N) is 1. The average Bonchev–Trinajstić information content (AvgIpc) is 2.78. The first kappa shape index (κ1) is 13.2. The smallest absolute Gasteiger partial charge is 0.0783 e. The number of rotatable bonds is 4. The number of nitrogens with zero attached hydrogens (tertiary/aromatic N) is 3. The average molecular weight is 309 g/mol. The van der Waals surface area contributed by atoms with Crippen LogP contribution in [0.5, 0.6) is 0 Å². The molecule has 1 heterocycles. The fraction of sp³-hybridized carbons (Fsp3) is 0.385. The third-order valence-electron chi connectivity index (χ3n) is 2.78. The number of hydrogen-bond acceptors (Lipinski definition) is 3. The zero-order valence-corrected chi connectivity index (χ0v) is 12.4. The summed E-state index contributed by atoms with van der Waals surface area (Å²) in [6.45, 7) is 7.08. The summed E-state index contributed by atoms with van der Waals surface area (Å²) in [5.74, 6) is 0. The van der Waals surface area contributed by atoms with Crippen molar-refractivity contribution in [2.24, 2.45) is 0 Å². The van der Waals surface area contributed by atoms with Gasteiger partial charge in [-0.1, -0.05) is 41.1 Å². The van der Waals surface area contributed by atoms with E-state index in [1.165, 1.54) is 0 Å². The molecule has 18 heavy (non-hydrogen) atoms. The number of halogens is 1. The second-order valence-corrected chi connectivity index (χ2v) is 5.41. The summed E-state index contributed by atoms with van der Waals surface area (Å²) < 4.78 is 2.97. The molecule has 0 bridgehead atoms. The molecule has 0 unspecified atom stereocenters. The monoisotopic (exact) mass is 308 g/mol. The number of hydrogen-bond donors (Lipinski definition) is 1. The van der Waals surface area contributed by atoms with Crippen LogP contribution < -0.4 is 5.32 Å². The molecular weight excluding hydrogens is 292 g/mol. The van der Waals surface area contributed by atoms with E-state index in [-0.39, 0.29) is 0 Å². The SMILES string of the molecule is Cc1c(Br)cccc1-n1nncc1CNC(C)C. The van der Waals surface area contributed by atoms with Gasteiger partial charge in [-0.15, -0.1) is 5.10 Å². The van der Waals surface area contributed by atoms with Gasteiger partial charge >= 0.3 is 0 Å². The third kappa shape index (κ3) is 2.79. The second kappa shape index (κ2) is 5.63. The molecule has 96 valence electrons. The molecule has 0 atom stereocenters. The lowest BCUT2D eigenvalue weighted by Gasteiger charge is -2.12. The molecule has 0 amide bonds. The number of benzene rings is 1. The fourth-order valence-corrected chi connectivity index (χ4v) is 2.07. The Labute approximate surface area is 116 Å². The maximum atomic E-state index is 4.17. The van der Waals surface area contributed by atoms with Crippen molar-refractivity contribution in [1.82, 2.24) is 20.3 Å². The van der Waals surface area contributed by atoms with E-state index in [1.54, 1.807) is 6.20 Å². The Hall–Kier alpha value is -1.20. The number of aromatic nitrogens is 3. The Kier molecular flexibility index (Phi) is 4.14. The molecule has 0 aliphatic heterocycles. The van der Waals surface area contributed by atoms with E-state index < -0.39 is 0 Å². The minimum Gasteiger partial charge on any atom is -0.309 e. The lowest BCUT2D eigenvalue weighted by atomic mass is 10.2. The zero-order valence-electron chi connectivity index (χ0n) is 10.8. The van der Waals surface area contributed by atoms with Crippen LogP contribution in [0.2, 0.25) is 0 Å². The topological polar surface area (TPSA) is 42.7 Å². The van der Waals surface area contributed by atoms with Crippen LogP contribution >= 0.6 is 15.9 Å². The predicted molar refractivity (Wildman–Crippen MR) is 75.8 cm³/mol. The summed E-state index contributed by atoms with van der Waals surface area (Å²) in [5, 5.41) is 11.6. The van der Waals surface area contributed by atoms with E-state index in [4.69, 9.17) is 0 Å². The van der Waals surface area contributed by atoms with Gasteiger partial charge in [0.2, 0.25) is 0 Å². The quantitative estimate of drug-likeness (QED) is 0.944. The van der Waals surface area contributed by atoms with Crippen LogP contribution in [0.25, 0.3) is 5.69 Å². The highest BCUT2D eigenvalue weighted by molar-refractivity contribution is 9.10. The first-order valence-electron chi connectivity index (χ1n) is 5.98. The Balaban J connectivity index is 2.33. The van der Waals surface area contributed by atoms with Gasteiger partial charge in [-0.2, -0.15) is 0 Å². The van der Waals surface area contributed by atoms with Crippen LogP contribution in [-0.2, 0) is 6.54 Å². The van der Waals surface area contributed by atoms with Crippen molar-refractivity contribution in [1.29, 1.82) is 0 Å². The van der Waals surface area contributed by atoms with Gasteiger partial charge in [-0.3, -0.25) is 0 Å². The van der Waals surface area contributed by atoms with Gasteiger partial charge in [0.05, 0.1) is 17.6 Å². The van der Waals surface area contributed by atoms with Crippen molar-refractivity contribution in [3.05, 3.63) is 40.1 Å². The highest BCUT2D eigenvalue weighted by Crippen LogP contribution is 2.22. The van der Waals surface area contributed by atoms with Gasteiger partial charge < -0.3 is 5.32 Å². The standard InChI is InChI=1S/C13H17BrN4/c1-9(2)15-7-11-8-16-17-18(11)13-6-4-5-12(14)10(13)3/h4-6,8-9,15H,7H2,1-3H3. The van der Waals surface area contributed by atoms with Crippen molar-refractivity contribution in [2.75, 3.05) is 0 Å². The summed E-state index contributed by atoms with van der Waals surface area (Å²) in [6, 6.07) is 6.53. The molecule has 2 rings (SSSR count). The highest BCUT2D eigenvalue weighted by atomic mass is 79.9. The predicted octanol–water partition coefficient (Wildman–Crippen LogP) is 2.84. The molecule has 0 aliphatic rings. The fourth-order valence-electron chi connectivity index (χ4n) is 1.71. The molecule has 2 aromatic rings. The van der Waals surface area contributed by atoms with Gasteiger partial charge in [-0.05, 0) is 24.6 Å². The minimum absolute atomic E-state index is 0.442. The minimum atomic E-state index is 0.442. The van der Waals surface area contributed by atoms with Crippen LogP contribution in [0.4, 0.5) is 0 Å². The summed E-state index contributed by atoms with van der Waals surface area (Å²) in [7, 11) is 0. The molecular formula is C13H17BrN4. The van der Waals surface area contributed by atoms with Gasteiger partial charge in [-0.25, -0.2) is 4.68 Å². The molecule has 5 heteroatoms. The highest BCUT2D eigenvalue weighted by Gasteiger charge is 2.10. The zero-order chi connectivity index (χ0) is 13.1. The van der Waals surface area contributed by atoms with E-state index in [0.717, 1.165) is 28.0 Å². The summed E-state index contributed by atoms with van der Waals surface area (Å²) in [6.07, 6.45) is 1.80. The van der Waals surface area contributed by atoms with Crippen LogP contribution in [0.1, 0.15) is 25.1 Å². The van der Waals surface area contributed by atoms with Crippen molar-refractivity contribution < 1.29 is 0 Å². The summed E-state index contributed by atoms with van der Waals surface area (Å²) in [4.78, 5) is 0. The van der Waals surface area contributed by atoms with Crippen LogP contribution in [0.15, 0.2) is 28.9 Å². The molecule has 1 aromatic carbocycles. The van der Waals surface area contributed by atoms with Gasteiger partial charge in [0, 0.05) is 17.1 Å². The Morgan fingerprint density at radius 2 is 2.17 bits per heavy atom. The molecule has 0 fully saturated rings. The lowest BCUT2D eigenvalue weighted by Crippen LogP contribution is -2.23. The van der Waals surface area contributed by atoms with Crippen LogP contribution in [-0.4, -0.2) is 21.0 Å². The third-order valence-corrected chi connectivity index (χ3v) is 3.64. The molecule has 0 saturated heterocycles. The lowest BCUT2D eigenvalue weighted by molar-refractivity contribution is 0.570. The van der Waals surface area contributed by atoms with Crippen molar-refractivity contribution in [2.45, 2.75) is 33.4 Å². The van der Waals surface area contributed by atoms with Gasteiger partial charge in [0.25, 0.3) is 0 Å². The molecule has 0 saturated carbocycles. The van der Waals surface area contributed by atoms with Crippen LogP contribution in [0, 0.1) is 6.92 Å². The van der Waals surface area contributed by atoms with E-state index >= 15 is 0 Å². The van der Waals surface area contributed by atoms with E-state index in [9.17, 15) is 0 Å². The summed E-state index contributed by atoms with van der Waals surface area (Å²) >= 11 is 3.54. The van der Waals surface area contributed by atoms with Gasteiger partial charge in [0.15, 0.2) is 0 Å². The Bertz CT molecular complexity index is 534. The normalized spacial score (nSPS) is 11.2. The molecule has 0 radical (unpaired) electrons. The Morgan fingerprint density at radius 1 is 1.39 bits per heavy atom. The molecule has 1 aromatic heterocycles. The molecule has 4 nitrogen and oxygen atoms in total. The molecule has 0 spiro atoms. The first-order chi connectivity index (χ1) is 8.59. The maximum Gasteiger partial charge on any atom is 0.0783 e. The summed E-state index contributed by atoms with van der Waals surface area (Å²) in [5.41, 5.74) is 3.28.